The van der Waals surface area contributed by atoms with Crippen LogP contribution in [0, 0.1) is 5.41 Å². The maximum Gasteiger partial charge on any atom is 0.257 e. The quantitative estimate of drug-likeness (QED) is 0.845. The van der Waals surface area contributed by atoms with Crippen molar-refractivity contribution in [2.24, 2.45) is 5.41 Å². The monoisotopic (exact) mass is 328 g/mol. The van der Waals surface area contributed by atoms with Crippen LogP contribution in [0.5, 0.6) is 5.88 Å². The van der Waals surface area contributed by atoms with Crippen molar-refractivity contribution in [2.75, 3.05) is 12.4 Å². The summed E-state index contributed by atoms with van der Waals surface area (Å²) in [6.45, 7) is 6.34. The van der Waals surface area contributed by atoms with Crippen molar-refractivity contribution in [1.82, 2.24) is 10.3 Å². The summed E-state index contributed by atoms with van der Waals surface area (Å²) in [7, 11) is 1.51. The highest BCUT2D eigenvalue weighted by Gasteiger charge is 2.26. The van der Waals surface area contributed by atoms with Gasteiger partial charge in [0, 0.05) is 17.6 Å². The van der Waals surface area contributed by atoms with Crippen LogP contribution in [0.2, 0.25) is 0 Å². The third kappa shape index (κ3) is 4.49. The van der Waals surface area contributed by atoms with E-state index >= 15 is 0 Å². The summed E-state index contributed by atoms with van der Waals surface area (Å²) in [5.74, 6) is 0.206. The molecule has 0 saturated heterocycles. The predicted octanol–water partition coefficient (Wildman–Crippen LogP) is 3.02. The van der Waals surface area contributed by atoms with Crippen LogP contribution in [-0.4, -0.2) is 29.4 Å². The summed E-state index contributed by atoms with van der Waals surface area (Å²) < 4.78 is 5.11. The topological polar surface area (TPSA) is 51.2 Å². The molecule has 1 atom stereocenters. The van der Waals surface area contributed by atoms with E-state index in [1.54, 1.807) is 18.3 Å². The molecule has 1 aromatic rings. The van der Waals surface area contributed by atoms with Crippen LogP contribution in [0.25, 0.3) is 0 Å². The fourth-order valence-electron chi connectivity index (χ4n) is 1.79. The van der Waals surface area contributed by atoms with E-state index in [0.29, 0.717) is 11.4 Å². The molecule has 106 valence electrons. The fourth-order valence-corrected chi connectivity index (χ4v) is 2.25. The van der Waals surface area contributed by atoms with Crippen LogP contribution in [0.4, 0.5) is 0 Å². The molecule has 1 unspecified atom stereocenters. The number of nitrogens with zero attached hydrogens (tertiary/aromatic N) is 1. The lowest BCUT2D eigenvalue weighted by Gasteiger charge is -2.31. The molecule has 4 nitrogen and oxygen atoms in total. The summed E-state index contributed by atoms with van der Waals surface area (Å²) in [4.78, 5) is 16.4. The molecule has 1 aromatic heterocycles. The molecule has 0 bridgehead atoms. The Morgan fingerprint density at radius 2 is 2.21 bits per heavy atom. The van der Waals surface area contributed by atoms with E-state index in [1.165, 1.54) is 7.11 Å². The number of nitrogens with one attached hydrogen (secondary N) is 1. The summed E-state index contributed by atoms with van der Waals surface area (Å²) in [5.41, 5.74) is 0.465. The minimum atomic E-state index is -0.147. The fraction of sp³-hybridized carbons (Fsp3) is 0.571. The summed E-state index contributed by atoms with van der Waals surface area (Å²) in [5, 5.41) is 3.91. The highest BCUT2D eigenvalue weighted by Crippen LogP contribution is 2.23. The van der Waals surface area contributed by atoms with Gasteiger partial charge in [0.2, 0.25) is 5.88 Å². The zero-order valence-electron chi connectivity index (χ0n) is 11.9. The Balaban J connectivity index is 2.88. The summed E-state index contributed by atoms with van der Waals surface area (Å²) in [6.07, 6.45) is 2.48. The Labute approximate surface area is 123 Å². The van der Waals surface area contributed by atoms with Crippen LogP contribution < -0.4 is 10.1 Å². The minimum absolute atomic E-state index is 0.00112. The second-order valence-electron chi connectivity index (χ2n) is 5.43. The van der Waals surface area contributed by atoms with E-state index in [9.17, 15) is 4.79 Å². The van der Waals surface area contributed by atoms with Gasteiger partial charge in [0.25, 0.3) is 5.91 Å². The molecule has 1 N–H and O–H groups in total. The van der Waals surface area contributed by atoms with Gasteiger partial charge < -0.3 is 10.1 Å². The smallest absolute Gasteiger partial charge is 0.257 e. The number of carbonyl (C=O) groups is 1. The van der Waals surface area contributed by atoms with Crippen molar-refractivity contribution in [1.29, 1.82) is 0 Å². The number of carbonyl (C=O) groups excluding carboxylic acids is 1. The molecule has 0 fully saturated rings. The van der Waals surface area contributed by atoms with Gasteiger partial charge in [-0.1, -0.05) is 36.7 Å². The van der Waals surface area contributed by atoms with Crippen molar-refractivity contribution in [2.45, 2.75) is 33.2 Å². The van der Waals surface area contributed by atoms with Crippen molar-refractivity contribution in [3.05, 3.63) is 23.9 Å². The van der Waals surface area contributed by atoms with E-state index in [2.05, 4.69) is 47.0 Å². The molecule has 1 rings (SSSR count). The Kier molecular flexibility index (Phi) is 5.79. The maximum absolute atomic E-state index is 12.3. The first-order valence-electron chi connectivity index (χ1n) is 6.26. The highest BCUT2D eigenvalue weighted by atomic mass is 79.9. The van der Waals surface area contributed by atoms with Gasteiger partial charge in [-0.2, -0.15) is 0 Å². The minimum Gasteiger partial charge on any atom is -0.480 e. The molecule has 0 spiro atoms. The molecule has 0 aliphatic carbocycles. The SMILES string of the molecule is COc1ncccc1C(=O)NC(CCBr)C(C)(C)C. The second-order valence-corrected chi connectivity index (χ2v) is 6.22. The van der Waals surface area contributed by atoms with Crippen LogP contribution in [-0.2, 0) is 0 Å². The van der Waals surface area contributed by atoms with Gasteiger partial charge in [0.1, 0.15) is 5.56 Å². The Hall–Kier alpha value is -1.10. The number of aromatic nitrogens is 1. The molecule has 1 heterocycles. The predicted molar refractivity (Wildman–Crippen MR) is 79.9 cm³/mol. The largest absolute Gasteiger partial charge is 0.480 e. The molecule has 0 aromatic carbocycles. The van der Waals surface area contributed by atoms with Crippen molar-refractivity contribution in [3.63, 3.8) is 0 Å². The standard InChI is InChI=1S/C14H21BrN2O2/c1-14(2,3)11(7-8-15)17-12(18)10-6-5-9-16-13(10)19-4/h5-6,9,11H,7-8H2,1-4H3,(H,17,18). The van der Waals surface area contributed by atoms with Crippen molar-refractivity contribution in [3.8, 4) is 5.88 Å². The van der Waals surface area contributed by atoms with Gasteiger partial charge in [0.05, 0.1) is 7.11 Å². The number of hydrogen-bond acceptors (Lipinski definition) is 3. The van der Waals surface area contributed by atoms with Gasteiger partial charge in [0.15, 0.2) is 0 Å². The van der Waals surface area contributed by atoms with Gasteiger partial charge in [-0.3, -0.25) is 4.79 Å². The number of rotatable bonds is 5. The first-order chi connectivity index (χ1) is 8.90. The number of hydrogen-bond donors (Lipinski definition) is 1. The number of alkyl halides is 1. The van der Waals surface area contributed by atoms with Crippen LogP contribution in [0.15, 0.2) is 18.3 Å². The van der Waals surface area contributed by atoms with Crippen molar-refractivity contribution < 1.29 is 9.53 Å². The Bertz CT molecular complexity index is 430. The number of halogens is 1. The van der Waals surface area contributed by atoms with E-state index in [-0.39, 0.29) is 17.4 Å². The van der Waals surface area contributed by atoms with Crippen molar-refractivity contribution >= 4 is 21.8 Å². The molecule has 0 radical (unpaired) electrons. The lowest BCUT2D eigenvalue weighted by molar-refractivity contribution is 0.0897. The zero-order chi connectivity index (χ0) is 14.5. The van der Waals surface area contributed by atoms with Gasteiger partial charge >= 0.3 is 0 Å². The first-order valence-corrected chi connectivity index (χ1v) is 7.38. The lowest BCUT2D eigenvalue weighted by Crippen LogP contribution is -2.44. The number of amides is 1. The van der Waals surface area contributed by atoms with E-state index in [0.717, 1.165) is 11.8 Å². The van der Waals surface area contributed by atoms with E-state index in [4.69, 9.17) is 4.74 Å². The molecular weight excluding hydrogens is 308 g/mol. The van der Waals surface area contributed by atoms with E-state index < -0.39 is 0 Å². The van der Waals surface area contributed by atoms with Gasteiger partial charge in [-0.15, -0.1) is 0 Å². The third-order valence-electron chi connectivity index (χ3n) is 2.96. The molecule has 0 aliphatic rings. The zero-order valence-corrected chi connectivity index (χ0v) is 13.5. The van der Waals surface area contributed by atoms with Crippen LogP contribution >= 0.6 is 15.9 Å². The molecule has 5 heteroatoms. The first kappa shape index (κ1) is 16.0. The molecular formula is C14H21BrN2O2. The maximum atomic E-state index is 12.3. The lowest BCUT2D eigenvalue weighted by atomic mass is 9.85. The average molecular weight is 329 g/mol. The molecule has 0 aliphatic heterocycles. The van der Waals surface area contributed by atoms with Gasteiger partial charge in [-0.05, 0) is 24.0 Å². The third-order valence-corrected chi connectivity index (χ3v) is 3.42. The summed E-state index contributed by atoms with van der Waals surface area (Å²) >= 11 is 3.43. The van der Waals surface area contributed by atoms with Crippen LogP contribution in [0.1, 0.15) is 37.6 Å². The van der Waals surface area contributed by atoms with E-state index in [1.807, 2.05) is 0 Å². The Morgan fingerprint density at radius 1 is 1.53 bits per heavy atom. The van der Waals surface area contributed by atoms with Gasteiger partial charge in [-0.25, -0.2) is 4.98 Å². The highest BCUT2D eigenvalue weighted by molar-refractivity contribution is 9.09. The molecule has 19 heavy (non-hydrogen) atoms. The van der Waals surface area contributed by atoms with Crippen LogP contribution in [0.3, 0.4) is 0 Å². The average Bonchev–Trinajstić information content (AvgIpc) is 2.37. The molecule has 1 amide bonds. The Morgan fingerprint density at radius 3 is 2.74 bits per heavy atom. The summed E-state index contributed by atoms with van der Waals surface area (Å²) in [6, 6.07) is 3.53. The number of pyridine rings is 1. The second kappa shape index (κ2) is 6.89. The number of methoxy groups -OCH3 is 1. The normalized spacial score (nSPS) is 12.9. The number of ether oxygens (including phenoxy) is 1. The molecule has 0 saturated carbocycles.